The minimum Gasteiger partial charge on any atom is -0.491 e. The van der Waals surface area contributed by atoms with Gasteiger partial charge in [-0.3, -0.25) is 0 Å². The predicted molar refractivity (Wildman–Crippen MR) is 121 cm³/mol. The van der Waals surface area contributed by atoms with E-state index in [1.165, 1.54) is 37.8 Å². The van der Waals surface area contributed by atoms with Gasteiger partial charge in [-0.15, -0.1) is 0 Å². The fourth-order valence-electron chi connectivity index (χ4n) is 3.93. The summed E-state index contributed by atoms with van der Waals surface area (Å²) in [5, 5.41) is 19.1. The summed E-state index contributed by atoms with van der Waals surface area (Å²) in [4.78, 5) is 11.2. The van der Waals surface area contributed by atoms with Crippen molar-refractivity contribution in [3.8, 4) is 11.8 Å². The molecule has 0 saturated heterocycles. The quantitative estimate of drug-likeness (QED) is 0.358. The number of carboxylic acid groups (broad SMARTS) is 1. The van der Waals surface area contributed by atoms with Gasteiger partial charge in [0.1, 0.15) is 5.41 Å². The van der Waals surface area contributed by atoms with Gasteiger partial charge in [0.05, 0.1) is 18.2 Å². The Labute approximate surface area is 185 Å². The number of hydrogen-bond acceptors (Lipinski definition) is 3. The monoisotopic (exact) mass is 427 g/mol. The van der Waals surface area contributed by atoms with Gasteiger partial charge in [0, 0.05) is 0 Å². The second-order valence-electron chi connectivity index (χ2n) is 8.21. The largest absolute Gasteiger partial charge is 0.491 e. The van der Waals surface area contributed by atoms with Crippen LogP contribution in [0.15, 0.2) is 35.9 Å². The zero-order valence-corrected chi connectivity index (χ0v) is 18.8. The molecule has 5 heteroatoms. The topological polar surface area (TPSA) is 70.3 Å². The molecule has 31 heavy (non-hydrogen) atoms. The number of carboxylic acids is 1. The van der Waals surface area contributed by atoms with Gasteiger partial charge in [0.2, 0.25) is 0 Å². The maximum atomic E-state index is 15.4. The Morgan fingerprint density at radius 3 is 2.48 bits per heavy atom. The normalized spacial score (nSPS) is 17.8. The number of benzene rings is 1. The Hall–Kier alpha value is -2.61. The number of hydrogen-bond donors (Lipinski definition) is 1. The highest BCUT2D eigenvalue weighted by Crippen LogP contribution is 2.39. The first-order chi connectivity index (χ1) is 15.0. The van der Waals surface area contributed by atoms with Gasteiger partial charge >= 0.3 is 5.97 Å². The van der Waals surface area contributed by atoms with Crippen LogP contribution in [0.4, 0.5) is 4.39 Å². The minimum absolute atomic E-state index is 0.153. The second kappa shape index (κ2) is 12.3. The van der Waals surface area contributed by atoms with Crippen LogP contribution in [0.2, 0.25) is 0 Å². The van der Waals surface area contributed by atoms with Crippen molar-refractivity contribution in [2.75, 3.05) is 6.61 Å². The molecule has 2 rings (SSSR count). The average molecular weight is 428 g/mol. The zero-order valence-electron chi connectivity index (χ0n) is 18.8. The third-order valence-corrected chi connectivity index (χ3v) is 5.86. The fraction of sp³-hybridized carbons (Fsp3) is 0.538. The van der Waals surface area contributed by atoms with E-state index >= 15 is 4.39 Å². The summed E-state index contributed by atoms with van der Waals surface area (Å²) in [5.74, 6) is -1.19. The Morgan fingerprint density at radius 1 is 1.16 bits per heavy atom. The molecule has 0 fully saturated rings. The molecule has 1 N–H and O–H groups in total. The minimum atomic E-state index is -1.07. The van der Waals surface area contributed by atoms with Gasteiger partial charge in [-0.1, -0.05) is 76.7 Å². The first-order valence-corrected chi connectivity index (χ1v) is 11.5. The molecule has 1 aliphatic rings. The third-order valence-electron chi connectivity index (χ3n) is 5.86. The maximum absolute atomic E-state index is 15.4. The molecule has 0 radical (unpaired) electrons. The van der Waals surface area contributed by atoms with Crippen molar-refractivity contribution < 1.29 is 19.0 Å². The first-order valence-electron chi connectivity index (χ1n) is 11.5. The smallest absolute Gasteiger partial charge is 0.335 e. The average Bonchev–Trinajstić information content (AvgIpc) is 2.78. The molecular formula is C26H34FNO3. The van der Waals surface area contributed by atoms with Crippen LogP contribution in [-0.4, -0.2) is 17.7 Å². The summed E-state index contributed by atoms with van der Waals surface area (Å²) in [7, 11) is 0. The predicted octanol–water partition coefficient (Wildman–Crippen LogP) is 6.64. The van der Waals surface area contributed by atoms with Crippen molar-refractivity contribution in [3.05, 3.63) is 52.9 Å². The van der Waals surface area contributed by atoms with E-state index in [0.29, 0.717) is 24.2 Å². The Balaban J connectivity index is 2.21. The summed E-state index contributed by atoms with van der Waals surface area (Å²) in [5.41, 5.74) is 0.187. The lowest BCUT2D eigenvalue weighted by Gasteiger charge is -2.28. The molecule has 4 nitrogen and oxygen atoms in total. The van der Waals surface area contributed by atoms with E-state index in [-0.39, 0.29) is 17.7 Å². The Bertz CT molecular complexity index is 853. The molecule has 168 valence electrons. The number of nitrogens with zero attached hydrogens (tertiary/aromatic N) is 1. The van der Waals surface area contributed by atoms with Gasteiger partial charge in [0.15, 0.2) is 11.6 Å². The highest BCUT2D eigenvalue weighted by atomic mass is 19.1. The summed E-state index contributed by atoms with van der Waals surface area (Å²) in [6, 6.07) is 5.69. The van der Waals surface area contributed by atoms with Gasteiger partial charge in [-0.25, -0.2) is 9.18 Å². The first kappa shape index (κ1) is 24.7. The van der Waals surface area contributed by atoms with Crippen molar-refractivity contribution in [2.45, 2.75) is 83.5 Å². The number of carbonyl (C=O) groups is 1. The van der Waals surface area contributed by atoms with Crippen LogP contribution >= 0.6 is 0 Å². The van der Waals surface area contributed by atoms with Crippen molar-refractivity contribution in [3.63, 3.8) is 0 Å². The van der Waals surface area contributed by atoms with Gasteiger partial charge in [-0.2, -0.15) is 5.26 Å². The van der Waals surface area contributed by atoms with Crippen molar-refractivity contribution in [1.29, 1.82) is 5.26 Å². The Morgan fingerprint density at radius 2 is 1.87 bits per heavy atom. The van der Waals surface area contributed by atoms with Crippen LogP contribution in [0.1, 0.15) is 82.8 Å². The number of nitriles is 1. The highest BCUT2D eigenvalue weighted by Gasteiger charge is 2.35. The van der Waals surface area contributed by atoms with Crippen molar-refractivity contribution in [1.82, 2.24) is 0 Å². The van der Waals surface area contributed by atoms with Gasteiger partial charge in [-0.05, 0) is 42.9 Å². The summed E-state index contributed by atoms with van der Waals surface area (Å²) < 4.78 is 21.2. The molecule has 1 aromatic carbocycles. The number of halogens is 1. The van der Waals surface area contributed by atoms with Gasteiger partial charge in [0.25, 0.3) is 0 Å². The van der Waals surface area contributed by atoms with Crippen LogP contribution < -0.4 is 4.74 Å². The molecule has 1 aliphatic carbocycles. The maximum Gasteiger partial charge on any atom is 0.335 e. The van der Waals surface area contributed by atoms with Crippen LogP contribution in [-0.2, 0) is 16.6 Å². The molecule has 0 saturated carbocycles. The summed E-state index contributed by atoms with van der Waals surface area (Å²) >= 11 is 0. The second-order valence-corrected chi connectivity index (χ2v) is 8.21. The number of unbranched alkanes of at least 4 members (excludes halogenated alkanes) is 6. The molecule has 0 aliphatic heterocycles. The van der Waals surface area contributed by atoms with E-state index in [4.69, 9.17) is 4.74 Å². The number of rotatable bonds is 13. The van der Waals surface area contributed by atoms with E-state index in [0.717, 1.165) is 25.7 Å². The fourth-order valence-corrected chi connectivity index (χ4v) is 3.93. The van der Waals surface area contributed by atoms with Crippen LogP contribution in [0.5, 0.6) is 5.75 Å². The molecular weight excluding hydrogens is 393 g/mol. The summed E-state index contributed by atoms with van der Waals surface area (Å²) in [6.45, 7) is 4.70. The number of ether oxygens (including phenoxy) is 1. The van der Waals surface area contributed by atoms with E-state index in [1.807, 2.05) is 6.92 Å². The van der Waals surface area contributed by atoms with E-state index in [1.54, 1.807) is 18.2 Å². The van der Waals surface area contributed by atoms with Crippen LogP contribution in [0.3, 0.4) is 0 Å². The molecule has 1 unspecified atom stereocenters. The van der Waals surface area contributed by atoms with E-state index in [9.17, 15) is 15.2 Å². The lowest BCUT2D eigenvalue weighted by atomic mass is 9.73. The molecule has 1 aromatic rings. The lowest BCUT2D eigenvalue weighted by molar-refractivity contribution is -0.132. The molecule has 0 aromatic heterocycles. The number of aliphatic carboxylic acids is 1. The molecule has 1 atom stereocenters. The summed E-state index contributed by atoms with van der Waals surface area (Å²) in [6.07, 6.45) is 13.8. The Kier molecular flexibility index (Phi) is 9.78. The molecule has 0 spiro atoms. The SMILES string of the molecule is CCCCCCCCOc1ccc(C2(C#N)C=CC(C(=O)O)=CC2)c(CCCC)c1F. The number of allylic oxidation sites excluding steroid dienone is 2. The van der Waals surface area contributed by atoms with Gasteiger partial charge < -0.3 is 9.84 Å². The molecule has 0 heterocycles. The van der Waals surface area contributed by atoms with Crippen LogP contribution in [0, 0.1) is 17.1 Å². The highest BCUT2D eigenvalue weighted by molar-refractivity contribution is 5.90. The van der Waals surface area contributed by atoms with E-state index < -0.39 is 17.2 Å². The molecule has 0 amide bonds. The standard InChI is InChI=1S/C26H34FNO3/c1-3-5-7-8-9-10-18-31-23-13-12-22(21(24(23)27)11-6-4-2)26(19-28)16-14-20(15-17-26)25(29)30/h12-16H,3-11,17-18H2,1-2H3,(H,29,30). The van der Waals surface area contributed by atoms with Crippen LogP contribution in [0.25, 0.3) is 0 Å². The van der Waals surface area contributed by atoms with Crippen molar-refractivity contribution in [2.24, 2.45) is 0 Å². The van der Waals surface area contributed by atoms with E-state index in [2.05, 4.69) is 13.0 Å². The third kappa shape index (κ3) is 6.43. The lowest BCUT2D eigenvalue weighted by Crippen LogP contribution is -2.26. The molecule has 0 bridgehead atoms. The zero-order chi connectivity index (χ0) is 22.7. The van der Waals surface area contributed by atoms with Crippen molar-refractivity contribution >= 4 is 5.97 Å².